The van der Waals surface area contributed by atoms with Crippen molar-refractivity contribution in [2.45, 2.75) is 0 Å². The van der Waals surface area contributed by atoms with Crippen molar-refractivity contribution < 1.29 is 13.2 Å². The van der Waals surface area contributed by atoms with Crippen molar-refractivity contribution in [1.29, 1.82) is 0 Å². The van der Waals surface area contributed by atoms with Gasteiger partial charge in [-0.1, -0.05) is 0 Å². The van der Waals surface area contributed by atoms with Crippen LogP contribution in [0, 0.1) is 0 Å². The highest BCUT2D eigenvalue weighted by molar-refractivity contribution is 7.94. The topological polar surface area (TPSA) is 91.7 Å². The first-order chi connectivity index (χ1) is 11.2. The summed E-state index contributed by atoms with van der Waals surface area (Å²) in [4.78, 5) is 24.3. The maximum Gasteiger partial charge on any atom is 0.326 e. The summed E-state index contributed by atoms with van der Waals surface area (Å²) in [5, 5.41) is 2.63. The van der Waals surface area contributed by atoms with Crippen LogP contribution in [0.25, 0.3) is 0 Å². The molecule has 0 unspecified atom stereocenters. The molecule has 1 amide bonds. The Morgan fingerprint density at radius 2 is 1.71 bits per heavy atom. The van der Waals surface area contributed by atoms with Crippen LogP contribution in [0.15, 0.2) is 41.3 Å². The lowest BCUT2D eigenvalue weighted by Crippen LogP contribution is -2.32. The average molecular weight is 348 g/mol. The number of amides is 1. The van der Waals surface area contributed by atoms with E-state index in [4.69, 9.17) is 0 Å². The Labute approximate surface area is 139 Å². The number of rotatable bonds is 2. The molecule has 0 radical (unpaired) electrons. The Balaban J connectivity index is 1.94. The number of carbonyl (C=O) groups excluding carboxylic acids is 1. The highest BCUT2D eigenvalue weighted by Crippen LogP contribution is 2.40. The first kappa shape index (κ1) is 16.1. The maximum absolute atomic E-state index is 12.3. The van der Waals surface area contributed by atoms with Crippen molar-refractivity contribution in [3.63, 3.8) is 0 Å². The second-order valence-corrected chi connectivity index (χ2v) is 7.43. The van der Waals surface area contributed by atoms with E-state index in [0.717, 1.165) is 4.31 Å². The molecule has 1 aromatic heterocycles. The molecule has 1 aromatic carbocycles. The second-order valence-electron chi connectivity index (χ2n) is 5.44. The summed E-state index contributed by atoms with van der Waals surface area (Å²) < 4.78 is 27.8. The van der Waals surface area contributed by atoms with E-state index >= 15 is 0 Å². The molecule has 2 aromatic rings. The van der Waals surface area contributed by atoms with Gasteiger partial charge in [0.1, 0.15) is 5.56 Å². The van der Waals surface area contributed by atoms with Crippen LogP contribution in [0.5, 0.6) is 0 Å². The smallest absolute Gasteiger partial charge is 0.322 e. The Bertz CT molecular complexity index is 997. The normalized spacial score (nSPS) is 15.3. The summed E-state index contributed by atoms with van der Waals surface area (Å²) in [5.41, 5.74) is 0.985. The molecule has 24 heavy (non-hydrogen) atoms. The van der Waals surface area contributed by atoms with Crippen LogP contribution in [0.1, 0.15) is 10.4 Å². The summed E-state index contributed by atoms with van der Waals surface area (Å²) in [6.45, 7) is 0. The highest BCUT2D eigenvalue weighted by Gasteiger charge is 2.35. The zero-order chi connectivity index (χ0) is 17.6. The molecule has 1 aliphatic heterocycles. The number of carbonyl (C=O) groups is 1. The number of aryl methyl sites for hydroxylation is 1. The number of nitrogens with one attached hydrogen (secondary N) is 1. The molecule has 0 saturated carbocycles. The van der Waals surface area contributed by atoms with Crippen molar-refractivity contribution >= 4 is 33.2 Å². The molecule has 8 nitrogen and oxygen atoms in total. The van der Waals surface area contributed by atoms with Gasteiger partial charge in [-0.3, -0.25) is 18.2 Å². The summed E-state index contributed by atoms with van der Waals surface area (Å²) >= 11 is 0. The molecule has 0 aliphatic carbocycles. The minimum atomic E-state index is -3.57. The number of nitrogens with zero attached hydrogens (tertiary/aromatic N) is 3. The summed E-state index contributed by atoms with van der Waals surface area (Å²) in [6.07, 6.45) is 1.56. The fourth-order valence-electron chi connectivity index (χ4n) is 2.52. The van der Waals surface area contributed by atoms with Crippen LogP contribution >= 0.6 is 0 Å². The third-order valence-electron chi connectivity index (χ3n) is 3.97. The standard InChI is InChI=1S/C15H16N4O4S/c1-17-8-4-5-11(15(17)21)14(20)16-10-6-7-12-13(9-10)19(3)24(22,23)18(12)2/h4-9H,1-3H3,(H,16,20). The predicted molar refractivity (Wildman–Crippen MR) is 91.8 cm³/mol. The molecule has 0 fully saturated rings. The molecule has 1 aliphatic rings. The fourth-order valence-corrected chi connectivity index (χ4v) is 3.69. The van der Waals surface area contributed by atoms with Gasteiger partial charge in [-0.2, -0.15) is 8.42 Å². The van der Waals surface area contributed by atoms with Gasteiger partial charge in [0, 0.05) is 33.0 Å². The number of aromatic nitrogens is 1. The van der Waals surface area contributed by atoms with E-state index in [1.807, 2.05) is 0 Å². The van der Waals surface area contributed by atoms with Crippen molar-refractivity contribution in [3.05, 3.63) is 52.4 Å². The third-order valence-corrected chi connectivity index (χ3v) is 5.75. The predicted octanol–water partition coefficient (Wildman–Crippen LogP) is 0.768. The Morgan fingerprint density at radius 3 is 2.42 bits per heavy atom. The van der Waals surface area contributed by atoms with Gasteiger partial charge < -0.3 is 9.88 Å². The van der Waals surface area contributed by atoms with Crippen LogP contribution in [0.2, 0.25) is 0 Å². The number of fused-ring (bicyclic) bond motifs is 1. The largest absolute Gasteiger partial charge is 0.326 e. The summed E-state index contributed by atoms with van der Waals surface area (Å²) in [5.74, 6) is -0.548. The van der Waals surface area contributed by atoms with Gasteiger partial charge in [0.05, 0.1) is 11.4 Å². The van der Waals surface area contributed by atoms with E-state index in [1.165, 1.54) is 29.0 Å². The Kier molecular flexibility index (Phi) is 3.60. The number of pyridine rings is 1. The summed E-state index contributed by atoms with van der Waals surface area (Å²) in [7, 11) is 0.890. The van der Waals surface area contributed by atoms with Gasteiger partial charge in [0.25, 0.3) is 11.5 Å². The molecule has 0 atom stereocenters. The minimum absolute atomic E-state index is 0.0126. The summed E-state index contributed by atoms with van der Waals surface area (Å²) in [6, 6.07) is 7.80. The highest BCUT2D eigenvalue weighted by atomic mass is 32.2. The number of anilines is 3. The monoisotopic (exact) mass is 348 g/mol. The van der Waals surface area contributed by atoms with Crippen molar-refractivity contribution in [2.24, 2.45) is 7.05 Å². The zero-order valence-corrected chi connectivity index (χ0v) is 14.2. The van der Waals surface area contributed by atoms with Crippen molar-refractivity contribution in [3.8, 4) is 0 Å². The van der Waals surface area contributed by atoms with Crippen molar-refractivity contribution in [2.75, 3.05) is 28.0 Å². The number of hydrogen-bond donors (Lipinski definition) is 1. The molecule has 0 bridgehead atoms. The molecular weight excluding hydrogens is 332 g/mol. The van der Waals surface area contributed by atoms with Crippen LogP contribution in [0.3, 0.4) is 0 Å². The van der Waals surface area contributed by atoms with E-state index < -0.39 is 21.7 Å². The van der Waals surface area contributed by atoms with Gasteiger partial charge in [0.15, 0.2) is 0 Å². The van der Waals surface area contributed by atoms with E-state index in [-0.39, 0.29) is 5.56 Å². The molecule has 126 valence electrons. The first-order valence-corrected chi connectivity index (χ1v) is 8.47. The van der Waals surface area contributed by atoms with Crippen molar-refractivity contribution in [1.82, 2.24) is 4.57 Å². The number of benzene rings is 1. The number of hydrogen-bond acceptors (Lipinski definition) is 4. The molecule has 1 N–H and O–H groups in total. The quantitative estimate of drug-likeness (QED) is 0.868. The van der Waals surface area contributed by atoms with Gasteiger partial charge in [-0.15, -0.1) is 0 Å². The van der Waals surface area contributed by atoms with Gasteiger partial charge in [-0.05, 0) is 30.3 Å². The van der Waals surface area contributed by atoms with Crippen LogP contribution in [-0.2, 0) is 17.3 Å². The second kappa shape index (κ2) is 5.38. The van der Waals surface area contributed by atoms with Crippen LogP contribution in [0.4, 0.5) is 17.1 Å². The lowest BCUT2D eigenvalue weighted by molar-refractivity contribution is 0.102. The van der Waals surface area contributed by atoms with Gasteiger partial charge >= 0.3 is 10.2 Å². The molecule has 0 saturated heterocycles. The molecule has 2 heterocycles. The minimum Gasteiger partial charge on any atom is -0.322 e. The third kappa shape index (κ3) is 2.33. The van der Waals surface area contributed by atoms with Crippen LogP contribution in [-0.4, -0.2) is 33.0 Å². The van der Waals surface area contributed by atoms with E-state index in [0.29, 0.717) is 17.1 Å². The average Bonchev–Trinajstić information content (AvgIpc) is 2.71. The molecule has 0 spiro atoms. The lowest BCUT2D eigenvalue weighted by atomic mass is 10.2. The van der Waals surface area contributed by atoms with Crippen LogP contribution < -0.4 is 19.5 Å². The van der Waals surface area contributed by atoms with E-state index in [9.17, 15) is 18.0 Å². The molecule has 9 heteroatoms. The fraction of sp³-hybridized carbons (Fsp3) is 0.200. The first-order valence-electron chi connectivity index (χ1n) is 7.07. The molecule has 3 rings (SSSR count). The Morgan fingerprint density at radius 1 is 1.04 bits per heavy atom. The van der Waals surface area contributed by atoms with Gasteiger partial charge in [-0.25, -0.2) is 0 Å². The molecular formula is C15H16N4O4S. The lowest BCUT2D eigenvalue weighted by Gasteiger charge is -2.13. The SMILES string of the molecule is CN1c2ccc(NC(=O)c3cccn(C)c3=O)cc2N(C)S1(=O)=O. The van der Waals surface area contributed by atoms with E-state index in [1.54, 1.807) is 37.5 Å². The zero-order valence-electron chi connectivity index (χ0n) is 13.3. The Hall–Kier alpha value is -2.81. The maximum atomic E-state index is 12.3. The van der Waals surface area contributed by atoms with E-state index in [2.05, 4.69) is 5.32 Å². The van der Waals surface area contributed by atoms with Gasteiger partial charge in [0.2, 0.25) is 0 Å².